The van der Waals surface area contributed by atoms with E-state index in [1.54, 1.807) is 0 Å². The molecule has 2 nitrogen and oxygen atoms in total. The van der Waals surface area contributed by atoms with Crippen LogP contribution in [0, 0.1) is 0 Å². The Balaban J connectivity index is 1.63. The minimum Gasteiger partial charge on any atom is -0.393 e. The first-order valence-corrected chi connectivity index (χ1v) is 6.76. The van der Waals surface area contributed by atoms with Gasteiger partial charge in [0, 0.05) is 6.04 Å². The molecule has 0 bridgehead atoms. The largest absolute Gasteiger partial charge is 0.393 e. The monoisotopic (exact) mass is 233 g/mol. The molecule has 0 amide bonds. The van der Waals surface area contributed by atoms with Crippen LogP contribution in [-0.2, 0) is 0 Å². The predicted octanol–water partition coefficient (Wildman–Crippen LogP) is 2.68. The van der Waals surface area contributed by atoms with Crippen molar-refractivity contribution in [3.8, 4) is 0 Å². The van der Waals surface area contributed by atoms with Crippen LogP contribution < -0.4 is 5.32 Å². The second-order valence-corrected chi connectivity index (χ2v) is 5.08. The molecule has 2 heteroatoms. The zero-order valence-corrected chi connectivity index (χ0v) is 10.6. The van der Waals surface area contributed by atoms with E-state index < -0.39 is 0 Å². The van der Waals surface area contributed by atoms with Gasteiger partial charge in [-0.1, -0.05) is 37.3 Å². The van der Waals surface area contributed by atoms with Crippen LogP contribution in [0.4, 0.5) is 0 Å². The number of hydrogen-bond acceptors (Lipinski definition) is 2. The van der Waals surface area contributed by atoms with E-state index in [4.69, 9.17) is 0 Å². The fraction of sp³-hybridized carbons (Fsp3) is 0.600. The third-order valence-electron chi connectivity index (χ3n) is 3.79. The van der Waals surface area contributed by atoms with Crippen LogP contribution in [0.3, 0.4) is 0 Å². The van der Waals surface area contributed by atoms with Crippen molar-refractivity contribution in [2.45, 2.75) is 50.7 Å². The molecule has 0 aromatic heterocycles. The molecule has 0 radical (unpaired) electrons. The topological polar surface area (TPSA) is 32.3 Å². The molecule has 94 valence electrons. The van der Waals surface area contributed by atoms with Gasteiger partial charge in [0.05, 0.1) is 6.10 Å². The molecule has 0 saturated heterocycles. The molecule has 1 fully saturated rings. The van der Waals surface area contributed by atoms with E-state index in [0.717, 1.165) is 25.3 Å². The minimum atomic E-state index is -0.132. The molecule has 1 aromatic rings. The van der Waals surface area contributed by atoms with Crippen molar-refractivity contribution in [1.29, 1.82) is 0 Å². The first-order valence-electron chi connectivity index (χ1n) is 6.76. The standard InChI is InChI=1S/C15H23NO/c1-2-15(17)8-9-16-14-10-13(11-14)12-6-4-3-5-7-12/h3-7,13-17H,2,8-11H2,1H3. The van der Waals surface area contributed by atoms with Gasteiger partial charge in [0.2, 0.25) is 0 Å². The molecule has 0 aliphatic heterocycles. The Morgan fingerprint density at radius 1 is 1.29 bits per heavy atom. The molecule has 1 aliphatic rings. The van der Waals surface area contributed by atoms with Gasteiger partial charge in [-0.15, -0.1) is 0 Å². The highest BCUT2D eigenvalue weighted by atomic mass is 16.3. The van der Waals surface area contributed by atoms with E-state index in [9.17, 15) is 5.11 Å². The summed E-state index contributed by atoms with van der Waals surface area (Å²) in [6.45, 7) is 2.97. The van der Waals surface area contributed by atoms with Crippen molar-refractivity contribution in [2.75, 3.05) is 6.54 Å². The highest BCUT2D eigenvalue weighted by Crippen LogP contribution is 2.36. The average Bonchev–Trinajstić information content (AvgIpc) is 2.32. The molecule has 0 heterocycles. The van der Waals surface area contributed by atoms with Crippen molar-refractivity contribution in [2.24, 2.45) is 0 Å². The van der Waals surface area contributed by atoms with Gasteiger partial charge < -0.3 is 10.4 Å². The van der Waals surface area contributed by atoms with Gasteiger partial charge in [0.1, 0.15) is 0 Å². The lowest BCUT2D eigenvalue weighted by atomic mass is 9.76. The molecule has 1 aliphatic carbocycles. The van der Waals surface area contributed by atoms with Crippen molar-refractivity contribution in [1.82, 2.24) is 5.32 Å². The van der Waals surface area contributed by atoms with Gasteiger partial charge in [-0.2, -0.15) is 0 Å². The van der Waals surface area contributed by atoms with Crippen molar-refractivity contribution in [3.63, 3.8) is 0 Å². The molecular weight excluding hydrogens is 210 g/mol. The van der Waals surface area contributed by atoms with E-state index in [-0.39, 0.29) is 6.10 Å². The first-order chi connectivity index (χ1) is 8.29. The summed E-state index contributed by atoms with van der Waals surface area (Å²) in [5, 5.41) is 13.0. The summed E-state index contributed by atoms with van der Waals surface area (Å²) in [5.74, 6) is 0.741. The Kier molecular flexibility index (Phi) is 4.57. The minimum absolute atomic E-state index is 0.132. The number of nitrogens with one attached hydrogen (secondary N) is 1. The maximum atomic E-state index is 9.45. The Hall–Kier alpha value is -0.860. The van der Waals surface area contributed by atoms with Crippen LogP contribution in [0.15, 0.2) is 30.3 Å². The third-order valence-corrected chi connectivity index (χ3v) is 3.79. The Morgan fingerprint density at radius 3 is 2.65 bits per heavy atom. The average molecular weight is 233 g/mol. The van der Waals surface area contributed by atoms with Crippen LogP contribution in [-0.4, -0.2) is 23.8 Å². The zero-order chi connectivity index (χ0) is 12.1. The van der Waals surface area contributed by atoms with Crippen LogP contribution >= 0.6 is 0 Å². The van der Waals surface area contributed by atoms with E-state index in [0.29, 0.717) is 6.04 Å². The summed E-state index contributed by atoms with van der Waals surface area (Å²) < 4.78 is 0. The van der Waals surface area contributed by atoms with Crippen molar-refractivity contribution < 1.29 is 5.11 Å². The second-order valence-electron chi connectivity index (χ2n) is 5.08. The van der Waals surface area contributed by atoms with E-state index in [1.165, 1.54) is 18.4 Å². The summed E-state index contributed by atoms with van der Waals surface area (Å²) in [6, 6.07) is 11.4. The zero-order valence-electron chi connectivity index (χ0n) is 10.6. The van der Waals surface area contributed by atoms with Crippen LogP contribution in [0.5, 0.6) is 0 Å². The number of aliphatic hydroxyl groups excluding tert-OH is 1. The summed E-state index contributed by atoms with van der Waals surface area (Å²) in [5.41, 5.74) is 1.47. The fourth-order valence-corrected chi connectivity index (χ4v) is 2.44. The lowest BCUT2D eigenvalue weighted by Gasteiger charge is -2.36. The van der Waals surface area contributed by atoms with E-state index >= 15 is 0 Å². The van der Waals surface area contributed by atoms with Gasteiger partial charge in [0.25, 0.3) is 0 Å². The number of benzene rings is 1. The maximum Gasteiger partial charge on any atom is 0.0549 e. The number of aliphatic hydroxyl groups is 1. The van der Waals surface area contributed by atoms with Crippen molar-refractivity contribution >= 4 is 0 Å². The van der Waals surface area contributed by atoms with E-state index in [2.05, 4.69) is 35.6 Å². The summed E-state index contributed by atoms with van der Waals surface area (Å²) in [4.78, 5) is 0. The van der Waals surface area contributed by atoms with Crippen LogP contribution in [0.25, 0.3) is 0 Å². The number of hydrogen-bond donors (Lipinski definition) is 2. The van der Waals surface area contributed by atoms with E-state index in [1.807, 2.05) is 6.92 Å². The predicted molar refractivity (Wildman–Crippen MR) is 71.1 cm³/mol. The molecular formula is C15H23NO. The third kappa shape index (κ3) is 3.55. The molecule has 0 spiro atoms. The normalized spacial score (nSPS) is 25.3. The SMILES string of the molecule is CCC(O)CCNC1CC(c2ccccc2)C1. The summed E-state index contributed by atoms with van der Waals surface area (Å²) >= 11 is 0. The highest BCUT2D eigenvalue weighted by molar-refractivity contribution is 5.22. The molecule has 17 heavy (non-hydrogen) atoms. The van der Waals surface area contributed by atoms with Gasteiger partial charge in [0.15, 0.2) is 0 Å². The quantitative estimate of drug-likeness (QED) is 0.792. The fourth-order valence-electron chi connectivity index (χ4n) is 2.44. The van der Waals surface area contributed by atoms with Crippen LogP contribution in [0.2, 0.25) is 0 Å². The maximum absolute atomic E-state index is 9.45. The lowest BCUT2D eigenvalue weighted by Crippen LogP contribution is -2.41. The van der Waals surface area contributed by atoms with Gasteiger partial charge in [-0.05, 0) is 43.7 Å². The Morgan fingerprint density at radius 2 is 2.00 bits per heavy atom. The molecule has 2 N–H and O–H groups in total. The van der Waals surface area contributed by atoms with Crippen molar-refractivity contribution in [3.05, 3.63) is 35.9 Å². The lowest BCUT2D eigenvalue weighted by molar-refractivity contribution is 0.155. The van der Waals surface area contributed by atoms with Gasteiger partial charge in [-0.25, -0.2) is 0 Å². The molecule has 1 aromatic carbocycles. The molecule has 1 atom stereocenters. The molecule has 1 saturated carbocycles. The number of rotatable bonds is 6. The molecule has 2 rings (SSSR count). The second kappa shape index (κ2) is 6.18. The van der Waals surface area contributed by atoms with Crippen LogP contribution in [0.1, 0.15) is 44.1 Å². The Labute approximate surface area is 104 Å². The summed E-state index contributed by atoms with van der Waals surface area (Å²) in [7, 11) is 0. The molecule has 1 unspecified atom stereocenters. The van der Waals surface area contributed by atoms with Gasteiger partial charge >= 0.3 is 0 Å². The highest BCUT2D eigenvalue weighted by Gasteiger charge is 2.29. The summed E-state index contributed by atoms with van der Waals surface area (Å²) in [6.07, 6.45) is 4.09. The first kappa shape index (κ1) is 12.6. The Bertz CT molecular complexity index is 319. The van der Waals surface area contributed by atoms with Gasteiger partial charge in [-0.3, -0.25) is 0 Å². The smallest absolute Gasteiger partial charge is 0.0549 e.